The smallest absolute Gasteiger partial charge is 0.111 e. The van der Waals surface area contributed by atoms with E-state index < -0.39 is 0 Å². The van der Waals surface area contributed by atoms with Gasteiger partial charge in [-0.15, -0.1) is 0 Å². The third-order valence-corrected chi connectivity index (χ3v) is 4.62. The van der Waals surface area contributed by atoms with Crippen molar-refractivity contribution < 1.29 is 4.74 Å². The normalized spacial score (nSPS) is 23.8. The number of nitrogens with one attached hydrogen (secondary N) is 1. The lowest BCUT2D eigenvalue weighted by Gasteiger charge is -2.25. The molecule has 1 aromatic carbocycles. The van der Waals surface area contributed by atoms with E-state index in [0.717, 1.165) is 37.3 Å². The SMILES string of the molecule is CCn1c(CC(NN)C2CCOC2C)nc2ccccc21. The van der Waals surface area contributed by atoms with Crippen LogP contribution in [0.25, 0.3) is 11.0 Å². The number of rotatable bonds is 5. The van der Waals surface area contributed by atoms with E-state index in [4.69, 9.17) is 15.6 Å². The van der Waals surface area contributed by atoms with Crippen molar-refractivity contribution in [3.63, 3.8) is 0 Å². The molecule has 3 unspecified atom stereocenters. The predicted molar refractivity (Wildman–Crippen MR) is 83.7 cm³/mol. The van der Waals surface area contributed by atoms with Crippen LogP contribution in [0.15, 0.2) is 24.3 Å². The molecule has 0 radical (unpaired) electrons. The molecule has 5 heteroatoms. The highest BCUT2D eigenvalue weighted by molar-refractivity contribution is 5.75. The number of nitrogens with two attached hydrogens (primary N) is 1. The maximum absolute atomic E-state index is 5.81. The summed E-state index contributed by atoms with van der Waals surface area (Å²) in [5.74, 6) is 7.35. The van der Waals surface area contributed by atoms with Crippen molar-refractivity contribution in [3.8, 4) is 0 Å². The number of aryl methyl sites for hydroxylation is 1. The molecule has 21 heavy (non-hydrogen) atoms. The molecule has 3 atom stereocenters. The lowest BCUT2D eigenvalue weighted by Crippen LogP contribution is -2.45. The van der Waals surface area contributed by atoms with Gasteiger partial charge < -0.3 is 9.30 Å². The Bertz CT molecular complexity index is 609. The van der Waals surface area contributed by atoms with Crippen LogP contribution >= 0.6 is 0 Å². The minimum Gasteiger partial charge on any atom is -0.378 e. The average Bonchev–Trinajstić information content (AvgIpc) is 3.07. The first-order chi connectivity index (χ1) is 10.2. The maximum atomic E-state index is 5.81. The zero-order valence-electron chi connectivity index (χ0n) is 12.7. The lowest BCUT2D eigenvalue weighted by atomic mass is 9.91. The van der Waals surface area contributed by atoms with Crippen LogP contribution in [0.3, 0.4) is 0 Å². The van der Waals surface area contributed by atoms with Crippen LogP contribution in [0.1, 0.15) is 26.1 Å². The summed E-state index contributed by atoms with van der Waals surface area (Å²) in [7, 11) is 0. The number of fused-ring (bicyclic) bond motifs is 1. The predicted octanol–water partition coefficient (Wildman–Crippen LogP) is 1.86. The van der Waals surface area contributed by atoms with E-state index in [9.17, 15) is 0 Å². The molecule has 2 aromatic rings. The molecule has 0 amide bonds. The topological polar surface area (TPSA) is 65.1 Å². The Hall–Kier alpha value is -1.43. The fraction of sp³-hybridized carbons (Fsp3) is 0.562. The first-order valence-corrected chi connectivity index (χ1v) is 7.76. The standard InChI is InChI=1S/C16H24N4O/c1-3-20-15-7-5-4-6-13(15)18-16(20)10-14(19-17)12-8-9-21-11(12)2/h4-7,11-12,14,19H,3,8-10,17H2,1-2H3. The number of aromatic nitrogens is 2. The van der Waals surface area contributed by atoms with Gasteiger partial charge in [-0.1, -0.05) is 12.1 Å². The van der Waals surface area contributed by atoms with Gasteiger partial charge in [0.25, 0.3) is 0 Å². The Labute approximate surface area is 125 Å². The van der Waals surface area contributed by atoms with Crippen molar-refractivity contribution in [1.29, 1.82) is 0 Å². The van der Waals surface area contributed by atoms with E-state index in [1.165, 1.54) is 5.52 Å². The molecule has 0 bridgehead atoms. The Balaban J connectivity index is 1.89. The molecule has 2 heterocycles. The number of hydrogen-bond acceptors (Lipinski definition) is 4. The molecule has 1 fully saturated rings. The molecule has 1 aliphatic rings. The zero-order valence-corrected chi connectivity index (χ0v) is 12.7. The summed E-state index contributed by atoms with van der Waals surface area (Å²) in [6.07, 6.45) is 2.14. The molecule has 0 spiro atoms. The largest absolute Gasteiger partial charge is 0.378 e. The quantitative estimate of drug-likeness (QED) is 0.651. The Morgan fingerprint density at radius 1 is 1.48 bits per heavy atom. The lowest BCUT2D eigenvalue weighted by molar-refractivity contribution is 0.0951. The number of hydrazine groups is 1. The van der Waals surface area contributed by atoms with Crippen LogP contribution in [0, 0.1) is 5.92 Å². The number of hydrogen-bond donors (Lipinski definition) is 2. The van der Waals surface area contributed by atoms with Crippen LogP contribution < -0.4 is 11.3 Å². The minimum absolute atomic E-state index is 0.199. The molecule has 1 saturated heterocycles. The minimum atomic E-state index is 0.199. The van der Waals surface area contributed by atoms with Gasteiger partial charge in [-0.25, -0.2) is 4.98 Å². The van der Waals surface area contributed by atoms with Gasteiger partial charge in [-0.3, -0.25) is 11.3 Å². The molecule has 114 valence electrons. The first-order valence-electron chi connectivity index (χ1n) is 7.76. The van der Waals surface area contributed by atoms with Gasteiger partial charge in [-0.2, -0.15) is 0 Å². The van der Waals surface area contributed by atoms with Gasteiger partial charge in [0.15, 0.2) is 0 Å². The summed E-state index contributed by atoms with van der Waals surface area (Å²) in [5.41, 5.74) is 5.24. The van der Waals surface area contributed by atoms with E-state index in [2.05, 4.69) is 42.0 Å². The van der Waals surface area contributed by atoms with Crippen molar-refractivity contribution in [2.24, 2.45) is 11.8 Å². The summed E-state index contributed by atoms with van der Waals surface area (Å²) in [4.78, 5) is 4.79. The molecule has 3 N–H and O–H groups in total. The van der Waals surface area contributed by atoms with Crippen LogP contribution in [-0.2, 0) is 17.7 Å². The van der Waals surface area contributed by atoms with Crippen molar-refractivity contribution in [2.45, 2.75) is 45.4 Å². The molecule has 3 rings (SSSR count). The highest BCUT2D eigenvalue weighted by Gasteiger charge is 2.32. The molecule has 0 saturated carbocycles. The highest BCUT2D eigenvalue weighted by atomic mass is 16.5. The van der Waals surface area contributed by atoms with E-state index >= 15 is 0 Å². The Morgan fingerprint density at radius 2 is 2.29 bits per heavy atom. The first kappa shape index (κ1) is 14.5. The van der Waals surface area contributed by atoms with Gasteiger partial charge in [0, 0.05) is 31.5 Å². The third-order valence-electron chi connectivity index (χ3n) is 4.62. The second-order valence-electron chi connectivity index (χ2n) is 5.77. The second kappa shape index (κ2) is 6.13. The third kappa shape index (κ3) is 2.69. The van der Waals surface area contributed by atoms with Gasteiger partial charge in [0.1, 0.15) is 5.82 Å². The summed E-state index contributed by atoms with van der Waals surface area (Å²) >= 11 is 0. The molecule has 5 nitrogen and oxygen atoms in total. The summed E-state index contributed by atoms with van der Waals surface area (Å²) in [5, 5.41) is 0. The van der Waals surface area contributed by atoms with E-state index in [-0.39, 0.29) is 12.1 Å². The van der Waals surface area contributed by atoms with Gasteiger partial charge >= 0.3 is 0 Å². The molecule has 1 aromatic heterocycles. The zero-order chi connectivity index (χ0) is 14.8. The molecule has 0 aliphatic carbocycles. The second-order valence-corrected chi connectivity index (χ2v) is 5.77. The van der Waals surface area contributed by atoms with E-state index in [1.807, 2.05) is 6.07 Å². The molecular weight excluding hydrogens is 264 g/mol. The van der Waals surface area contributed by atoms with Gasteiger partial charge in [-0.05, 0) is 32.4 Å². The fourth-order valence-corrected chi connectivity index (χ4v) is 3.44. The molecular formula is C16H24N4O. The number of benzene rings is 1. The van der Waals surface area contributed by atoms with E-state index in [1.54, 1.807) is 0 Å². The van der Waals surface area contributed by atoms with Crippen LogP contribution in [-0.4, -0.2) is 28.3 Å². The maximum Gasteiger partial charge on any atom is 0.111 e. The van der Waals surface area contributed by atoms with Crippen molar-refractivity contribution >= 4 is 11.0 Å². The summed E-state index contributed by atoms with van der Waals surface area (Å²) < 4.78 is 7.96. The Kier molecular flexibility index (Phi) is 4.24. The van der Waals surface area contributed by atoms with Gasteiger partial charge in [0.05, 0.1) is 17.1 Å². The number of nitrogens with zero attached hydrogens (tertiary/aromatic N) is 2. The average molecular weight is 288 g/mol. The van der Waals surface area contributed by atoms with Crippen molar-refractivity contribution in [3.05, 3.63) is 30.1 Å². The number of imidazole rings is 1. The van der Waals surface area contributed by atoms with Crippen LogP contribution in [0.5, 0.6) is 0 Å². The monoisotopic (exact) mass is 288 g/mol. The molecule has 1 aliphatic heterocycles. The van der Waals surface area contributed by atoms with Gasteiger partial charge in [0.2, 0.25) is 0 Å². The van der Waals surface area contributed by atoms with Crippen molar-refractivity contribution in [1.82, 2.24) is 15.0 Å². The summed E-state index contributed by atoms with van der Waals surface area (Å²) in [6.45, 7) is 6.03. The fourth-order valence-electron chi connectivity index (χ4n) is 3.44. The van der Waals surface area contributed by atoms with Crippen LogP contribution in [0.4, 0.5) is 0 Å². The van der Waals surface area contributed by atoms with Crippen LogP contribution in [0.2, 0.25) is 0 Å². The number of ether oxygens (including phenoxy) is 1. The van der Waals surface area contributed by atoms with E-state index in [0.29, 0.717) is 5.92 Å². The van der Waals surface area contributed by atoms with Crippen molar-refractivity contribution in [2.75, 3.05) is 6.61 Å². The highest BCUT2D eigenvalue weighted by Crippen LogP contribution is 2.26. The Morgan fingerprint density at radius 3 is 2.95 bits per heavy atom. The number of para-hydroxylation sites is 2. The summed E-state index contributed by atoms with van der Waals surface area (Å²) in [6, 6.07) is 8.49.